The Labute approximate surface area is 83.5 Å². The van der Waals surface area contributed by atoms with Crippen LogP contribution >= 0.6 is 0 Å². The predicted octanol–water partition coefficient (Wildman–Crippen LogP) is 2.84. The zero-order chi connectivity index (χ0) is 11.1. The van der Waals surface area contributed by atoms with Crippen molar-refractivity contribution in [1.29, 1.82) is 0 Å². The summed E-state index contributed by atoms with van der Waals surface area (Å²) in [7, 11) is 0. The van der Waals surface area contributed by atoms with E-state index in [0.717, 1.165) is 6.07 Å². The molecule has 15 heavy (non-hydrogen) atoms. The molecule has 0 spiro atoms. The van der Waals surface area contributed by atoms with Gasteiger partial charge in [-0.25, -0.2) is 0 Å². The summed E-state index contributed by atoms with van der Waals surface area (Å²) in [6.45, 7) is 0. The highest BCUT2D eigenvalue weighted by molar-refractivity contribution is 5.92. The molecule has 0 aliphatic heterocycles. The summed E-state index contributed by atoms with van der Waals surface area (Å²) in [6, 6.07) is 5.86. The SMILES string of the molecule is Nc1cccc2cnc(C(F)(F)F)cc12. The summed E-state index contributed by atoms with van der Waals surface area (Å²) < 4.78 is 37.0. The Balaban J connectivity index is 2.70. The Bertz CT molecular complexity index is 505. The minimum atomic E-state index is -4.43. The Morgan fingerprint density at radius 3 is 2.60 bits per heavy atom. The van der Waals surface area contributed by atoms with Gasteiger partial charge in [0, 0.05) is 22.7 Å². The van der Waals surface area contributed by atoms with E-state index >= 15 is 0 Å². The van der Waals surface area contributed by atoms with Crippen molar-refractivity contribution in [1.82, 2.24) is 4.98 Å². The van der Waals surface area contributed by atoms with Gasteiger partial charge in [-0.3, -0.25) is 4.98 Å². The molecular weight excluding hydrogens is 205 g/mol. The van der Waals surface area contributed by atoms with Crippen molar-refractivity contribution in [2.24, 2.45) is 0 Å². The van der Waals surface area contributed by atoms with Crippen molar-refractivity contribution >= 4 is 16.5 Å². The third-order valence-electron chi connectivity index (χ3n) is 2.09. The van der Waals surface area contributed by atoms with Gasteiger partial charge in [0.25, 0.3) is 0 Å². The van der Waals surface area contributed by atoms with E-state index in [4.69, 9.17) is 5.73 Å². The summed E-state index contributed by atoms with van der Waals surface area (Å²) in [6.07, 6.45) is -3.26. The largest absolute Gasteiger partial charge is 0.433 e. The summed E-state index contributed by atoms with van der Waals surface area (Å²) >= 11 is 0. The Hall–Kier alpha value is -1.78. The third-order valence-corrected chi connectivity index (χ3v) is 2.09. The van der Waals surface area contributed by atoms with Crippen LogP contribution in [0.3, 0.4) is 0 Å². The number of fused-ring (bicyclic) bond motifs is 1. The first-order valence-corrected chi connectivity index (χ1v) is 4.20. The van der Waals surface area contributed by atoms with Gasteiger partial charge in [0.1, 0.15) is 5.69 Å². The number of nitrogen functional groups attached to an aromatic ring is 1. The first-order chi connectivity index (χ1) is 6.98. The molecule has 0 bridgehead atoms. The predicted molar refractivity (Wildman–Crippen MR) is 51.2 cm³/mol. The minimum Gasteiger partial charge on any atom is -0.398 e. The molecule has 2 aromatic rings. The van der Waals surface area contributed by atoms with Crippen LogP contribution in [0.4, 0.5) is 18.9 Å². The summed E-state index contributed by atoms with van der Waals surface area (Å²) in [5, 5.41) is 0.975. The molecule has 0 saturated heterocycles. The van der Waals surface area contributed by atoms with Crippen molar-refractivity contribution in [3.05, 3.63) is 36.2 Å². The van der Waals surface area contributed by atoms with E-state index in [1.165, 1.54) is 6.20 Å². The molecule has 0 aliphatic carbocycles. The lowest BCUT2D eigenvalue weighted by Crippen LogP contribution is -2.07. The quantitative estimate of drug-likeness (QED) is 0.682. The highest BCUT2D eigenvalue weighted by Gasteiger charge is 2.32. The third kappa shape index (κ3) is 1.72. The number of hydrogen-bond donors (Lipinski definition) is 1. The van der Waals surface area contributed by atoms with E-state index in [2.05, 4.69) is 4.98 Å². The van der Waals surface area contributed by atoms with Crippen LogP contribution in [-0.2, 0) is 6.18 Å². The fourth-order valence-corrected chi connectivity index (χ4v) is 1.35. The molecule has 2 rings (SSSR count). The number of halogens is 3. The second-order valence-electron chi connectivity index (χ2n) is 3.14. The van der Waals surface area contributed by atoms with Gasteiger partial charge >= 0.3 is 6.18 Å². The summed E-state index contributed by atoms with van der Waals surface area (Å²) in [5.74, 6) is 0. The van der Waals surface area contributed by atoms with Crippen molar-refractivity contribution in [3.8, 4) is 0 Å². The van der Waals surface area contributed by atoms with Gasteiger partial charge in [-0.15, -0.1) is 0 Å². The maximum atomic E-state index is 12.3. The van der Waals surface area contributed by atoms with Gasteiger partial charge < -0.3 is 5.73 Å². The lowest BCUT2D eigenvalue weighted by Gasteiger charge is -2.07. The molecule has 0 amide bonds. The first-order valence-electron chi connectivity index (χ1n) is 4.20. The van der Waals surface area contributed by atoms with Crippen molar-refractivity contribution in [2.75, 3.05) is 5.73 Å². The zero-order valence-corrected chi connectivity index (χ0v) is 7.55. The number of rotatable bonds is 0. The number of anilines is 1. The van der Waals surface area contributed by atoms with Crippen LogP contribution in [0.25, 0.3) is 10.8 Å². The van der Waals surface area contributed by atoms with Crippen LogP contribution in [0.15, 0.2) is 30.5 Å². The second-order valence-corrected chi connectivity index (χ2v) is 3.14. The van der Waals surface area contributed by atoms with Gasteiger partial charge in [0.15, 0.2) is 0 Å². The number of hydrogen-bond acceptors (Lipinski definition) is 2. The number of benzene rings is 1. The highest BCUT2D eigenvalue weighted by atomic mass is 19.4. The van der Waals surface area contributed by atoms with Gasteiger partial charge in [-0.1, -0.05) is 12.1 Å². The smallest absolute Gasteiger partial charge is 0.398 e. The molecule has 5 heteroatoms. The maximum Gasteiger partial charge on any atom is 0.433 e. The Kier molecular flexibility index (Phi) is 2.03. The highest BCUT2D eigenvalue weighted by Crippen LogP contribution is 2.30. The zero-order valence-electron chi connectivity index (χ0n) is 7.55. The van der Waals surface area contributed by atoms with Gasteiger partial charge in [-0.05, 0) is 12.1 Å². The van der Waals surface area contributed by atoms with E-state index in [1.807, 2.05) is 0 Å². The normalized spacial score (nSPS) is 11.9. The van der Waals surface area contributed by atoms with Crippen LogP contribution in [0.2, 0.25) is 0 Å². The summed E-state index contributed by atoms with van der Waals surface area (Å²) in [4.78, 5) is 3.34. The van der Waals surface area contributed by atoms with E-state index in [9.17, 15) is 13.2 Å². The van der Waals surface area contributed by atoms with E-state index < -0.39 is 11.9 Å². The fraction of sp³-hybridized carbons (Fsp3) is 0.100. The molecule has 0 saturated carbocycles. The average molecular weight is 212 g/mol. The number of aromatic nitrogens is 1. The Morgan fingerprint density at radius 1 is 1.20 bits per heavy atom. The number of alkyl halides is 3. The maximum absolute atomic E-state index is 12.3. The van der Waals surface area contributed by atoms with Gasteiger partial charge in [-0.2, -0.15) is 13.2 Å². The van der Waals surface area contributed by atoms with Crippen LogP contribution < -0.4 is 5.73 Å². The first kappa shape index (κ1) is 9.76. The second kappa shape index (κ2) is 3.12. The molecule has 2 nitrogen and oxygen atoms in total. The van der Waals surface area contributed by atoms with Crippen LogP contribution in [-0.4, -0.2) is 4.98 Å². The Morgan fingerprint density at radius 2 is 1.93 bits per heavy atom. The molecular formula is C10H7F3N2. The molecule has 78 valence electrons. The van der Waals surface area contributed by atoms with Crippen LogP contribution in [0.1, 0.15) is 5.69 Å². The molecule has 1 aromatic heterocycles. The molecule has 0 aliphatic rings. The van der Waals surface area contributed by atoms with E-state index in [-0.39, 0.29) is 0 Å². The number of pyridine rings is 1. The standard InChI is InChI=1S/C10H7F3N2/c11-10(12,13)9-4-7-6(5-15-9)2-1-3-8(7)14/h1-5H,14H2. The molecule has 0 fully saturated rings. The monoisotopic (exact) mass is 212 g/mol. The van der Waals surface area contributed by atoms with Gasteiger partial charge in [0.2, 0.25) is 0 Å². The van der Waals surface area contributed by atoms with Gasteiger partial charge in [0.05, 0.1) is 0 Å². The van der Waals surface area contributed by atoms with Crippen LogP contribution in [0.5, 0.6) is 0 Å². The molecule has 0 unspecified atom stereocenters. The molecule has 1 aromatic carbocycles. The van der Waals surface area contributed by atoms with Crippen LogP contribution in [0, 0.1) is 0 Å². The summed E-state index contributed by atoms with van der Waals surface area (Å²) in [5.41, 5.74) is 4.97. The lowest BCUT2D eigenvalue weighted by molar-refractivity contribution is -0.141. The van der Waals surface area contributed by atoms with Crippen molar-refractivity contribution < 1.29 is 13.2 Å². The number of nitrogens with two attached hydrogens (primary N) is 1. The molecule has 0 radical (unpaired) electrons. The molecule has 0 atom stereocenters. The van der Waals surface area contributed by atoms with Crippen molar-refractivity contribution in [3.63, 3.8) is 0 Å². The topological polar surface area (TPSA) is 38.9 Å². The molecule has 1 heterocycles. The average Bonchev–Trinajstić information content (AvgIpc) is 2.16. The number of nitrogens with zero attached hydrogens (tertiary/aromatic N) is 1. The van der Waals surface area contributed by atoms with E-state index in [1.54, 1.807) is 18.2 Å². The van der Waals surface area contributed by atoms with Crippen molar-refractivity contribution in [2.45, 2.75) is 6.18 Å². The van der Waals surface area contributed by atoms with E-state index in [0.29, 0.717) is 16.5 Å². The molecule has 2 N–H and O–H groups in total. The fourth-order valence-electron chi connectivity index (χ4n) is 1.35. The lowest BCUT2D eigenvalue weighted by atomic mass is 10.1. The minimum absolute atomic E-state index is 0.320.